The van der Waals surface area contributed by atoms with Gasteiger partial charge in [0.15, 0.2) is 11.6 Å². The second-order valence-electron chi connectivity index (χ2n) is 9.11. The Morgan fingerprint density at radius 2 is 1.38 bits per heavy atom. The lowest BCUT2D eigenvalue weighted by atomic mass is 9.70. The van der Waals surface area contributed by atoms with Gasteiger partial charge in [0.2, 0.25) is 5.91 Å². The van der Waals surface area contributed by atoms with E-state index in [-0.39, 0.29) is 29.9 Å². The van der Waals surface area contributed by atoms with Crippen LogP contribution in [0.2, 0.25) is 0 Å². The molecule has 0 N–H and O–H groups in total. The van der Waals surface area contributed by atoms with Crippen LogP contribution in [0.1, 0.15) is 32.3 Å². The van der Waals surface area contributed by atoms with E-state index in [1.807, 2.05) is 52.9 Å². The first-order valence-corrected chi connectivity index (χ1v) is 11.4. The van der Waals surface area contributed by atoms with Crippen LogP contribution in [0.4, 0.5) is 0 Å². The summed E-state index contributed by atoms with van der Waals surface area (Å²) in [4.78, 5) is 48.0. The van der Waals surface area contributed by atoms with Crippen molar-refractivity contribution in [3.05, 3.63) is 90.0 Å². The maximum Gasteiger partial charge on any atom is 0.236 e. The molecule has 0 aliphatic carbocycles. The summed E-state index contributed by atoms with van der Waals surface area (Å²) in [5, 5.41) is 0. The van der Waals surface area contributed by atoms with Gasteiger partial charge in [-0.05, 0) is 0 Å². The number of imidazole rings is 1. The van der Waals surface area contributed by atoms with Crippen LogP contribution in [-0.4, -0.2) is 70.6 Å². The number of aryl methyl sites for hydroxylation is 1. The highest BCUT2D eigenvalue weighted by atomic mass is 16.2. The highest BCUT2D eigenvalue weighted by molar-refractivity contribution is 6.02. The second kappa shape index (κ2) is 10.1. The smallest absolute Gasteiger partial charge is 0.236 e. The fourth-order valence-corrected chi connectivity index (χ4v) is 4.83. The summed E-state index contributed by atoms with van der Waals surface area (Å²) in [6.07, 6.45) is 3.45. The van der Waals surface area contributed by atoms with E-state index in [0.29, 0.717) is 24.2 Å². The van der Waals surface area contributed by atoms with E-state index in [4.69, 9.17) is 0 Å². The van der Waals surface area contributed by atoms with Gasteiger partial charge < -0.3 is 9.47 Å². The third kappa shape index (κ3) is 4.84. The lowest BCUT2D eigenvalue weighted by Gasteiger charge is -2.42. The monoisotopic (exact) mass is 458 g/mol. The Kier molecular flexibility index (Phi) is 7.03. The molecule has 1 aliphatic heterocycles. The van der Waals surface area contributed by atoms with Crippen LogP contribution in [0, 0.1) is 11.8 Å². The molecular formula is C27H30N4O3. The normalized spacial score (nSPS) is 20.6. The highest BCUT2D eigenvalue weighted by Crippen LogP contribution is 2.40. The molecule has 2 aromatic carbocycles. The molecule has 1 fully saturated rings. The number of rotatable bonds is 7. The zero-order valence-electron chi connectivity index (χ0n) is 19.8. The van der Waals surface area contributed by atoms with Gasteiger partial charge in [-0.1, -0.05) is 60.7 Å². The quantitative estimate of drug-likeness (QED) is 0.509. The number of hydrogen-bond donors (Lipinski definition) is 0. The summed E-state index contributed by atoms with van der Waals surface area (Å²) >= 11 is 0. The number of amides is 1. The summed E-state index contributed by atoms with van der Waals surface area (Å²) in [7, 11) is 5.31. The molecule has 34 heavy (non-hydrogen) atoms. The fourth-order valence-electron chi connectivity index (χ4n) is 4.83. The van der Waals surface area contributed by atoms with Gasteiger partial charge in [0, 0.05) is 75.0 Å². The number of hydrogen-bond acceptors (Lipinski definition) is 5. The molecule has 7 nitrogen and oxygen atoms in total. The standard InChI is InChI=1S/C27H30N4O3/c1-29(2)24(32)17-31-15-21(26(33)19-10-6-4-7-11-19)25(23-14-28-18-30(23)3)22(16-31)27(34)20-12-8-5-9-13-20/h4-14,18,21-22,25H,15-17H2,1-3H3/t21-,22+,25-. The van der Waals surface area contributed by atoms with E-state index in [2.05, 4.69) is 4.98 Å². The van der Waals surface area contributed by atoms with Gasteiger partial charge in [-0.2, -0.15) is 0 Å². The number of carbonyl (C=O) groups excluding carboxylic acids is 3. The molecule has 3 aromatic rings. The number of likely N-dealkylation sites (tertiary alicyclic amines) is 1. The Morgan fingerprint density at radius 1 is 0.882 bits per heavy atom. The minimum atomic E-state index is -0.501. The van der Waals surface area contributed by atoms with Crippen molar-refractivity contribution in [2.24, 2.45) is 18.9 Å². The van der Waals surface area contributed by atoms with E-state index in [1.54, 1.807) is 50.9 Å². The first kappa shape index (κ1) is 23.6. The lowest BCUT2D eigenvalue weighted by Crippen LogP contribution is -2.52. The summed E-state index contributed by atoms with van der Waals surface area (Å²) in [6, 6.07) is 18.3. The Bertz CT molecular complexity index is 1100. The maximum absolute atomic E-state index is 13.8. The van der Waals surface area contributed by atoms with Crippen molar-refractivity contribution in [2.75, 3.05) is 33.7 Å². The van der Waals surface area contributed by atoms with Crippen LogP contribution in [0.25, 0.3) is 0 Å². The zero-order chi connectivity index (χ0) is 24.2. The minimum Gasteiger partial charge on any atom is -0.348 e. The highest BCUT2D eigenvalue weighted by Gasteiger charge is 2.46. The number of nitrogens with zero attached hydrogens (tertiary/aromatic N) is 4. The molecule has 3 atom stereocenters. The Morgan fingerprint density at radius 3 is 1.79 bits per heavy atom. The Labute approximate surface area is 200 Å². The molecule has 0 saturated carbocycles. The summed E-state index contributed by atoms with van der Waals surface area (Å²) in [5.41, 5.74) is 2.06. The van der Waals surface area contributed by atoms with Gasteiger partial charge in [-0.25, -0.2) is 4.98 Å². The van der Waals surface area contributed by atoms with Crippen LogP contribution >= 0.6 is 0 Å². The molecule has 0 spiro atoms. The molecule has 0 radical (unpaired) electrons. The van der Waals surface area contributed by atoms with Gasteiger partial charge in [0.25, 0.3) is 0 Å². The van der Waals surface area contributed by atoms with Gasteiger partial charge in [-0.15, -0.1) is 0 Å². The number of piperidine rings is 1. The second-order valence-corrected chi connectivity index (χ2v) is 9.11. The van der Waals surface area contributed by atoms with E-state index in [1.165, 1.54) is 4.90 Å². The van der Waals surface area contributed by atoms with Gasteiger partial charge in [-0.3, -0.25) is 19.3 Å². The van der Waals surface area contributed by atoms with Crippen LogP contribution < -0.4 is 0 Å². The van der Waals surface area contributed by atoms with Crippen LogP contribution in [0.5, 0.6) is 0 Å². The minimum absolute atomic E-state index is 0.0281. The van der Waals surface area contributed by atoms with Gasteiger partial charge in [0.05, 0.1) is 12.9 Å². The molecule has 4 rings (SSSR count). The molecule has 1 aliphatic rings. The number of ketones is 2. The number of carbonyl (C=O) groups is 3. The molecule has 7 heteroatoms. The van der Waals surface area contributed by atoms with Gasteiger partial charge in [0.1, 0.15) is 0 Å². The largest absolute Gasteiger partial charge is 0.348 e. The van der Waals surface area contributed by atoms with Crippen molar-refractivity contribution in [1.82, 2.24) is 19.4 Å². The van der Waals surface area contributed by atoms with E-state index >= 15 is 0 Å². The summed E-state index contributed by atoms with van der Waals surface area (Å²) in [6.45, 7) is 0.936. The number of aromatic nitrogens is 2. The van der Waals surface area contributed by atoms with Crippen LogP contribution in [0.15, 0.2) is 73.2 Å². The van der Waals surface area contributed by atoms with E-state index in [9.17, 15) is 14.4 Å². The van der Waals surface area contributed by atoms with Crippen molar-refractivity contribution in [3.8, 4) is 0 Å². The average molecular weight is 459 g/mol. The molecule has 1 aromatic heterocycles. The predicted molar refractivity (Wildman–Crippen MR) is 130 cm³/mol. The van der Waals surface area contributed by atoms with Gasteiger partial charge >= 0.3 is 0 Å². The molecule has 0 bridgehead atoms. The molecule has 176 valence electrons. The zero-order valence-corrected chi connectivity index (χ0v) is 19.8. The van der Waals surface area contributed by atoms with Crippen molar-refractivity contribution in [1.29, 1.82) is 0 Å². The lowest BCUT2D eigenvalue weighted by molar-refractivity contribution is -0.130. The molecule has 1 amide bonds. The van der Waals surface area contributed by atoms with Crippen molar-refractivity contribution >= 4 is 17.5 Å². The molecule has 2 heterocycles. The number of benzene rings is 2. The first-order chi connectivity index (χ1) is 16.4. The topological polar surface area (TPSA) is 75.5 Å². The van der Waals surface area contributed by atoms with Crippen molar-refractivity contribution < 1.29 is 14.4 Å². The van der Waals surface area contributed by atoms with Crippen LogP contribution in [-0.2, 0) is 11.8 Å². The third-order valence-electron chi connectivity index (χ3n) is 6.62. The summed E-state index contributed by atoms with van der Waals surface area (Å²) < 4.78 is 1.89. The van der Waals surface area contributed by atoms with Crippen molar-refractivity contribution in [3.63, 3.8) is 0 Å². The number of Topliss-reactive ketones (excluding diaryl/α,β-unsaturated/α-hetero) is 2. The van der Waals surface area contributed by atoms with Crippen LogP contribution in [0.3, 0.4) is 0 Å². The molecular weight excluding hydrogens is 428 g/mol. The number of likely N-dealkylation sites (N-methyl/N-ethyl adjacent to an activating group) is 1. The summed E-state index contributed by atoms with van der Waals surface area (Å²) in [5.74, 6) is -1.48. The molecule has 0 unspecified atom stereocenters. The van der Waals surface area contributed by atoms with E-state index < -0.39 is 11.8 Å². The SMILES string of the molecule is CN(C)C(=O)CN1C[C@H](C(=O)c2ccccc2)[C@H](c2cncn2C)[C@H](C(=O)c2ccccc2)C1. The molecule has 1 saturated heterocycles. The maximum atomic E-state index is 13.8. The predicted octanol–water partition coefficient (Wildman–Crippen LogP) is 2.91. The first-order valence-electron chi connectivity index (χ1n) is 11.4. The third-order valence-corrected chi connectivity index (χ3v) is 6.62. The average Bonchev–Trinajstić information content (AvgIpc) is 3.28. The fraction of sp³-hybridized carbons (Fsp3) is 0.333. The Balaban J connectivity index is 1.79. The van der Waals surface area contributed by atoms with Crippen molar-refractivity contribution in [2.45, 2.75) is 5.92 Å². The Hall–Kier alpha value is -3.58. The van der Waals surface area contributed by atoms with E-state index in [0.717, 1.165) is 5.69 Å².